The number of aliphatic carboxylic acids is 1. The molecule has 0 aliphatic carbocycles. The molecule has 0 bridgehead atoms. The number of carbonyl (C=O) groups is 1. The maximum atomic E-state index is 10.5. The molecule has 1 aromatic carbocycles. The van der Waals surface area contributed by atoms with E-state index in [2.05, 4.69) is 0 Å². The Morgan fingerprint density at radius 1 is 1.19 bits per heavy atom. The Morgan fingerprint density at radius 2 is 1.81 bits per heavy atom. The Balaban J connectivity index is 2.94. The van der Waals surface area contributed by atoms with Crippen molar-refractivity contribution >= 4 is 12.0 Å². The van der Waals surface area contributed by atoms with Crippen LogP contribution in [0.25, 0.3) is 6.08 Å². The van der Waals surface area contributed by atoms with Crippen molar-refractivity contribution in [2.24, 2.45) is 5.92 Å². The summed E-state index contributed by atoms with van der Waals surface area (Å²) >= 11 is 0. The Morgan fingerprint density at radius 3 is 2.31 bits per heavy atom. The van der Waals surface area contributed by atoms with Gasteiger partial charge in [0.1, 0.15) is 0 Å². The molecule has 0 saturated carbocycles. The van der Waals surface area contributed by atoms with Crippen molar-refractivity contribution in [2.45, 2.75) is 13.8 Å². The van der Waals surface area contributed by atoms with Crippen LogP contribution in [0.4, 0.5) is 0 Å². The molecule has 0 saturated heterocycles. The third-order valence-electron chi connectivity index (χ3n) is 2.22. The molecule has 0 aliphatic rings. The highest BCUT2D eigenvalue weighted by atomic mass is 16.4. The lowest BCUT2D eigenvalue weighted by atomic mass is 10.00. The smallest absolute Gasteiger partial charge is 0.328 e. The molecule has 0 aliphatic heterocycles. The summed E-state index contributed by atoms with van der Waals surface area (Å²) < 4.78 is 0. The zero-order valence-electron chi connectivity index (χ0n) is 9.55. The maximum absolute atomic E-state index is 10.5. The molecular weight excluding hydrogens is 200 g/mol. The van der Waals surface area contributed by atoms with Crippen LogP contribution in [-0.4, -0.2) is 11.1 Å². The van der Waals surface area contributed by atoms with Crippen molar-refractivity contribution < 1.29 is 9.90 Å². The number of benzene rings is 1. The van der Waals surface area contributed by atoms with Crippen molar-refractivity contribution in [1.29, 1.82) is 0 Å². The summed E-state index contributed by atoms with van der Waals surface area (Å²) in [6.45, 7) is 4.09. The van der Waals surface area contributed by atoms with Gasteiger partial charge in [0.05, 0.1) is 0 Å². The minimum absolute atomic E-state index is 0.302. The topological polar surface area (TPSA) is 37.3 Å². The van der Waals surface area contributed by atoms with Crippen molar-refractivity contribution in [3.05, 3.63) is 53.6 Å². The van der Waals surface area contributed by atoms with Gasteiger partial charge in [-0.25, -0.2) is 4.79 Å². The molecule has 84 valence electrons. The minimum Gasteiger partial charge on any atom is -0.478 e. The summed E-state index contributed by atoms with van der Waals surface area (Å²) in [4.78, 5) is 10.5. The van der Waals surface area contributed by atoms with Crippen molar-refractivity contribution in [3.8, 4) is 0 Å². The second-order valence-corrected chi connectivity index (χ2v) is 3.88. The maximum Gasteiger partial charge on any atom is 0.328 e. The second kappa shape index (κ2) is 5.91. The van der Waals surface area contributed by atoms with E-state index < -0.39 is 5.97 Å². The number of hydrogen-bond acceptors (Lipinski definition) is 1. The van der Waals surface area contributed by atoms with Crippen LogP contribution in [-0.2, 0) is 4.79 Å². The van der Waals surface area contributed by atoms with Crippen molar-refractivity contribution in [3.63, 3.8) is 0 Å². The SMILES string of the molecule is CC(C)C(C=CC(=O)O)=Cc1ccccc1. The lowest BCUT2D eigenvalue weighted by molar-refractivity contribution is -0.131. The van der Waals surface area contributed by atoms with Crippen LogP contribution in [0.2, 0.25) is 0 Å². The Labute approximate surface area is 95.9 Å². The van der Waals surface area contributed by atoms with Crippen LogP contribution in [0, 0.1) is 5.92 Å². The Bertz CT molecular complexity index is 400. The molecule has 0 heterocycles. The van der Waals surface area contributed by atoms with Crippen molar-refractivity contribution in [2.75, 3.05) is 0 Å². The molecule has 1 aromatic rings. The van der Waals surface area contributed by atoms with Crippen LogP contribution in [0.3, 0.4) is 0 Å². The van der Waals surface area contributed by atoms with Gasteiger partial charge in [-0.1, -0.05) is 56.3 Å². The van der Waals surface area contributed by atoms with Gasteiger partial charge in [-0.2, -0.15) is 0 Å². The van der Waals surface area contributed by atoms with E-state index in [9.17, 15) is 4.79 Å². The average Bonchev–Trinajstić information content (AvgIpc) is 2.25. The zero-order chi connectivity index (χ0) is 12.0. The highest BCUT2D eigenvalue weighted by Crippen LogP contribution is 2.15. The first-order valence-electron chi connectivity index (χ1n) is 5.27. The third kappa shape index (κ3) is 4.13. The zero-order valence-corrected chi connectivity index (χ0v) is 9.55. The molecule has 2 nitrogen and oxygen atoms in total. The predicted octanol–water partition coefficient (Wildman–Crippen LogP) is 3.37. The first-order chi connectivity index (χ1) is 7.59. The van der Waals surface area contributed by atoms with Crippen LogP contribution in [0.5, 0.6) is 0 Å². The van der Waals surface area contributed by atoms with Gasteiger partial charge in [-0.15, -0.1) is 0 Å². The van der Waals surface area contributed by atoms with Gasteiger partial charge in [0, 0.05) is 6.08 Å². The van der Waals surface area contributed by atoms with E-state index in [0.29, 0.717) is 5.92 Å². The van der Waals surface area contributed by atoms with E-state index in [-0.39, 0.29) is 0 Å². The second-order valence-electron chi connectivity index (χ2n) is 3.88. The summed E-state index contributed by atoms with van der Waals surface area (Å²) in [6.07, 6.45) is 4.83. The monoisotopic (exact) mass is 216 g/mol. The summed E-state index contributed by atoms with van der Waals surface area (Å²) in [5, 5.41) is 8.60. The lowest BCUT2D eigenvalue weighted by Crippen LogP contribution is -1.93. The fourth-order valence-corrected chi connectivity index (χ4v) is 1.32. The lowest BCUT2D eigenvalue weighted by Gasteiger charge is -2.06. The van der Waals surface area contributed by atoms with E-state index in [4.69, 9.17) is 5.11 Å². The van der Waals surface area contributed by atoms with Crippen LogP contribution in [0.15, 0.2) is 48.1 Å². The average molecular weight is 216 g/mol. The van der Waals surface area contributed by atoms with Crippen LogP contribution >= 0.6 is 0 Å². The highest BCUT2D eigenvalue weighted by Gasteiger charge is 2.00. The molecule has 0 spiro atoms. The summed E-state index contributed by atoms with van der Waals surface area (Å²) in [6, 6.07) is 9.88. The van der Waals surface area contributed by atoms with Gasteiger partial charge in [-0.05, 0) is 17.1 Å². The molecule has 0 unspecified atom stereocenters. The van der Waals surface area contributed by atoms with Gasteiger partial charge in [0.25, 0.3) is 0 Å². The number of allylic oxidation sites excluding steroid dienone is 2. The van der Waals surface area contributed by atoms with E-state index in [1.165, 1.54) is 6.08 Å². The largest absolute Gasteiger partial charge is 0.478 e. The molecule has 0 radical (unpaired) electrons. The molecule has 0 atom stereocenters. The summed E-state index contributed by atoms with van der Waals surface area (Å²) in [5.74, 6) is -0.615. The highest BCUT2D eigenvalue weighted by molar-refractivity contribution is 5.80. The van der Waals surface area contributed by atoms with Gasteiger partial charge in [0.2, 0.25) is 0 Å². The quantitative estimate of drug-likeness (QED) is 0.619. The number of hydrogen-bond donors (Lipinski definition) is 1. The first kappa shape index (κ1) is 12.2. The third-order valence-corrected chi connectivity index (χ3v) is 2.22. The van der Waals surface area contributed by atoms with E-state index in [1.807, 2.05) is 50.3 Å². The summed E-state index contributed by atoms with van der Waals surface area (Å²) in [5.41, 5.74) is 2.09. The molecule has 0 fully saturated rings. The molecule has 1 rings (SSSR count). The summed E-state index contributed by atoms with van der Waals surface area (Å²) in [7, 11) is 0. The molecule has 0 aromatic heterocycles. The predicted molar refractivity (Wildman–Crippen MR) is 66.0 cm³/mol. The fraction of sp³-hybridized carbons (Fsp3) is 0.214. The van der Waals surface area contributed by atoms with Crippen molar-refractivity contribution in [1.82, 2.24) is 0 Å². The first-order valence-corrected chi connectivity index (χ1v) is 5.27. The van der Waals surface area contributed by atoms with Gasteiger partial charge in [-0.3, -0.25) is 0 Å². The van der Waals surface area contributed by atoms with E-state index in [0.717, 1.165) is 11.1 Å². The Hall–Kier alpha value is -1.83. The van der Waals surface area contributed by atoms with E-state index >= 15 is 0 Å². The molecular formula is C14H16O2. The van der Waals surface area contributed by atoms with Gasteiger partial charge < -0.3 is 5.11 Å². The standard InChI is InChI=1S/C14H16O2/c1-11(2)13(8-9-14(15)16)10-12-6-4-3-5-7-12/h3-11H,1-2H3,(H,15,16). The van der Waals surface area contributed by atoms with Gasteiger partial charge >= 0.3 is 5.97 Å². The fourth-order valence-electron chi connectivity index (χ4n) is 1.32. The molecule has 0 amide bonds. The number of carboxylic acid groups (broad SMARTS) is 1. The Kier molecular flexibility index (Phi) is 4.52. The van der Waals surface area contributed by atoms with Crippen LogP contribution in [0.1, 0.15) is 19.4 Å². The van der Waals surface area contributed by atoms with E-state index in [1.54, 1.807) is 6.08 Å². The normalized spacial score (nSPS) is 12.3. The molecule has 1 N–H and O–H groups in total. The minimum atomic E-state index is -0.917. The number of carboxylic acids is 1. The number of rotatable bonds is 4. The van der Waals surface area contributed by atoms with Gasteiger partial charge in [0.15, 0.2) is 0 Å². The molecule has 16 heavy (non-hydrogen) atoms. The molecule has 2 heteroatoms. The van der Waals surface area contributed by atoms with Crippen LogP contribution < -0.4 is 0 Å².